The number of ether oxygens (including phenoxy) is 2. The van der Waals surface area contributed by atoms with Gasteiger partial charge in [-0.3, -0.25) is 4.79 Å². The van der Waals surface area contributed by atoms with Crippen molar-refractivity contribution < 1.29 is 14.3 Å². The van der Waals surface area contributed by atoms with Crippen LogP contribution in [0, 0.1) is 0 Å². The Morgan fingerprint density at radius 1 is 1.12 bits per heavy atom. The van der Waals surface area contributed by atoms with E-state index >= 15 is 0 Å². The van der Waals surface area contributed by atoms with Crippen molar-refractivity contribution in [2.24, 2.45) is 0 Å². The lowest BCUT2D eigenvalue weighted by Gasteiger charge is -2.28. The van der Waals surface area contributed by atoms with Gasteiger partial charge in [0.2, 0.25) is 5.91 Å². The van der Waals surface area contributed by atoms with Gasteiger partial charge in [0.05, 0.1) is 25.6 Å². The molecular weight excluding hydrogens is 348 g/mol. The lowest BCUT2D eigenvalue weighted by molar-refractivity contribution is -0.115. The Morgan fingerprint density at radius 3 is 2.38 bits per heavy atom. The number of hydrogen-bond donors (Lipinski definition) is 1. The monoisotopic (exact) mass is 372 g/mol. The average molecular weight is 372 g/mol. The van der Waals surface area contributed by atoms with Gasteiger partial charge < -0.3 is 19.7 Å². The number of amides is 1. The maximum Gasteiger partial charge on any atom is 0.237 e. The number of nitrogens with zero attached hydrogens (tertiary/aromatic N) is 1. The summed E-state index contributed by atoms with van der Waals surface area (Å²) in [5.74, 6) is 0.803. The molecule has 138 valence electrons. The quantitative estimate of drug-likeness (QED) is 0.785. The number of rotatable bonds is 6. The van der Waals surface area contributed by atoms with Crippen molar-refractivity contribution in [3.05, 3.63) is 48.5 Å². The molecule has 1 atom stereocenters. The van der Waals surface area contributed by atoms with Gasteiger partial charge in [-0.2, -0.15) is 0 Å². The molecule has 26 heavy (non-hydrogen) atoms. The first kappa shape index (κ1) is 18.6. The minimum absolute atomic E-state index is 0.00931. The third-order valence-electron chi connectivity index (χ3n) is 4.25. The number of morpholine rings is 1. The Balaban J connectivity index is 1.54. The maximum absolute atomic E-state index is 12.4. The number of methoxy groups -OCH3 is 1. The van der Waals surface area contributed by atoms with E-state index < -0.39 is 0 Å². The summed E-state index contributed by atoms with van der Waals surface area (Å²) in [6, 6.07) is 15.7. The molecule has 0 spiro atoms. The normalized spacial score (nSPS) is 15.4. The molecule has 0 radical (unpaired) electrons. The maximum atomic E-state index is 12.4. The van der Waals surface area contributed by atoms with E-state index in [-0.39, 0.29) is 11.2 Å². The third-order valence-corrected chi connectivity index (χ3v) is 5.36. The van der Waals surface area contributed by atoms with Crippen molar-refractivity contribution in [3.63, 3.8) is 0 Å². The first-order valence-corrected chi connectivity index (χ1v) is 9.58. The van der Waals surface area contributed by atoms with E-state index in [9.17, 15) is 4.79 Å². The van der Waals surface area contributed by atoms with Crippen LogP contribution in [0.5, 0.6) is 5.75 Å². The summed E-state index contributed by atoms with van der Waals surface area (Å²) < 4.78 is 10.5. The number of benzene rings is 2. The van der Waals surface area contributed by atoms with Crippen LogP contribution in [-0.4, -0.2) is 44.6 Å². The highest BCUT2D eigenvalue weighted by Gasteiger charge is 2.15. The molecule has 1 N–H and O–H groups in total. The van der Waals surface area contributed by atoms with Crippen molar-refractivity contribution in [2.75, 3.05) is 43.6 Å². The van der Waals surface area contributed by atoms with Gasteiger partial charge in [-0.25, -0.2) is 0 Å². The Morgan fingerprint density at radius 2 is 1.77 bits per heavy atom. The van der Waals surface area contributed by atoms with E-state index in [1.807, 2.05) is 55.5 Å². The van der Waals surface area contributed by atoms with Crippen LogP contribution < -0.4 is 15.0 Å². The largest absolute Gasteiger partial charge is 0.497 e. The van der Waals surface area contributed by atoms with Gasteiger partial charge in [-0.15, -0.1) is 11.8 Å². The van der Waals surface area contributed by atoms with Gasteiger partial charge in [0.15, 0.2) is 0 Å². The summed E-state index contributed by atoms with van der Waals surface area (Å²) in [6.45, 7) is 5.24. The van der Waals surface area contributed by atoms with Gasteiger partial charge in [0.25, 0.3) is 0 Å². The fourth-order valence-corrected chi connectivity index (χ4v) is 3.60. The second-order valence-corrected chi connectivity index (χ2v) is 7.49. The van der Waals surface area contributed by atoms with E-state index in [1.54, 1.807) is 7.11 Å². The Hall–Kier alpha value is -2.18. The molecular formula is C20H24N2O3S. The van der Waals surface area contributed by atoms with Crippen LogP contribution in [-0.2, 0) is 9.53 Å². The van der Waals surface area contributed by atoms with Crippen LogP contribution in [0.1, 0.15) is 6.92 Å². The van der Waals surface area contributed by atoms with Crippen molar-refractivity contribution in [1.82, 2.24) is 0 Å². The van der Waals surface area contributed by atoms with Gasteiger partial charge in [0, 0.05) is 29.4 Å². The topological polar surface area (TPSA) is 50.8 Å². The second-order valence-electron chi connectivity index (χ2n) is 6.07. The lowest BCUT2D eigenvalue weighted by Crippen LogP contribution is -2.36. The molecule has 0 saturated carbocycles. The van der Waals surface area contributed by atoms with Crippen LogP contribution in [0.2, 0.25) is 0 Å². The highest BCUT2D eigenvalue weighted by molar-refractivity contribution is 8.00. The molecule has 0 aromatic heterocycles. The molecule has 3 rings (SSSR count). The molecule has 1 heterocycles. The van der Waals surface area contributed by atoms with E-state index in [2.05, 4.69) is 10.2 Å². The molecule has 2 aromatic carbocycles. The van der Waals surface area contributed by atoms with E-state index in [4.69, 9.17) is 9.47 Å². The Labute approximate surface area is 158 Å². The van der Waals surface area contributed by atoms with E-state index in [1.165, 1.54) is 11.8 Å². The molecule has 1 fully saturated rings. The van der Waals surface area contributed by atoms with Gasteiger partial charge in [-0.1, -0.05) is 0 Å². The summed E-state index contributed by atoms with van der Waals surface area (Å²) in [6.07, 6.45) is 0. The van der Waals surface area contributed by atoms with Gasteiger partial charge >= 0.3 is 0 Å². The Kier molecular flexibility index (Phi) is 6.41. The lowest BCUT2D eigenvalue weighted by atomic mass is 10.2. The number of hydrogen-bond acceptors (Lipinski definition) is 5. The highest BCUT2D eigenvalue weighted by Crippen LogP contribution is 2.26. The molecule has 6 heteroatoms. The third kappa shape index (κ3) is 4.93. The molecule has 1 aliphatic rings. The SMILES string of the molecule is COc1ccc(SC(C)C(=O)Nc2ccc(N3CCOCC3)cc2)cc1. The molecule has 2 aromatic rings. The molecule has 0 bridgehead atoms. The summed E-state index contributed by atoms with van der Waals surface area (Å²) in [5.41, 5.74) is 1.97. The molecule has 1 saturated heterocycles. The van der Waals surface area contributed by atoms with Crippen molar-refractivity contribution in [3.8, 4) is 5.75 Å². The zero-order valence-electron chi connectivity index (χ0n) is 15.1. The standard InChI is InChI=1S/C20H24N2O3S/c1-15(26-19-9-7-18(24-2)8-10-19)20(23)21-16-3-5-17(6-4-16)22-11-13-25-14-12-22/h3-10,15H,11-14H2,1-2H3,(H,21,23). The molecule has 0 aliphatic carbocycles. The number of thioether (sulfide) groups is 1. The van der Waals surface area contributed by atoms with Crippen molar-refractivity contribution in [1.29, 1.82) is 0 Å². The van der Waals surface area contributed by atoms with Gasteiger partial charge in [-0.05, 0) is 55.5 Å². The predicted molar refractivity (Wildman–Crippen MR) is 106 cm³/mol. The van der Waals surface area contributed by atoms with Crippen LogP contribution in [0.25, 0.3) is 0 Å². The smallest absolute Gasteiger partial charge is 0.237 e. The van der Waals surface area contributed by atoms with Crippen molar-refractivity contribution >= 4 is 29.0 Å². The number of anilines is 2. The van der Waals surface area contributed by atoms with Crippen LogP contribution in [0.4, 0.5) is 11.4 Å². The number of nitrogens with one attached hydrogen (secondary N) is 1. The first-order valence-electron chi connectivity index (χ1n) is 8.70. The number of carbonyl (C=O) groups is 1. The minimum atomic E-state index is -0.192. The summed E-state index contributed by atoms with van der Waals surface area (Å²) in [7, 11) is 1.64. The van der Waals surface area contributed by atoms with Gasteiger partial charge in [0.1, 0.15) is 5.75 Å². The average Bonchev–Trinajstić information content (AvgIpc) is 2.70. The molecule has 1 unspecified atom stereocenters. The minimum Gasteiger partial charge on any atom is -0.497 e. The van der Waals surface area contributed by atoms with Crippen molar-refractivity contribution in [2.45, 2.75) is 17.1 Å². The Bertz CT molecular complexity index is 713. The van der Waals surface area contributed by atoms with Crippen LogP contribution >= 0.6 is 11.8 Å². The summed E-state index contributed by atoms with van der Waals surface area (Å²) >= 11 is 1.53. The van der Waals surface area contributed by atoms with Crippen LogP contribution in [0.15, 0.2) is 53.4 Å². The summed E-state index contributed by atoms with van der Waals surface area (Å²) in [5, 5.41) is 2.79. The second kappa shape index (κ2) is 8.96. The van der Waals surface area contributed by atoms with E-state index in [0.29, 0.717) is 0 Å². The fraction of sp³-hybridized carbons (Fsp3) is 0.350. The zero-order chi connectivity index (χ0) is 18.4. The molecule has 5 nitrogen and oxygen atoms in total. The van der Waals surface area contributed by atoms with Crippen LogP contribution in [0.3, 0.4) is 0 Å². The molecule has 1 amide bonds. The fourth-order valence-electron chi connectivity index (χ4n) is 2.73. The summed E-state index contributed by atoms with van der Waals surface area (Å²) in [4.78, 5) is 15.8. The predicted octanol–water partition coefficient (Wildman–Crippen LogP) is 3.65. The molecule has 1 aliphatic heterocycles. The number of carbonyl (C=O) groups excluding carboxylic acids is 1. The highest BCUT2D eigenvalue weighted by atomic mass is 32.2. The van der Waals surface area contributed by atoms with E-state index in [0.717, 1.165) is 48.3 Å². The first-order chi connectivity index (χ1) is 12.7. The zero-order valence-corrected chi connectivity index (χ0v) is 15.9.